The molecule has 3 aromatic rings. The Labute approximate surface area is 687 Å². The summed E-state index contributed by atoms with van der Waals surface area (Å²) in [6, 6.07) is 18.6. The Hall–Kier alpha value is -8.93. The van der Waals surface area contributed by atoms with E-state index in [1.165, 1.54) is 14.2 Å². The van der Waals surface area contributed by atoms with Gasteiger partial charge in [0.05, 0.1) is 67.7 Å². The zero-order valence-electron chi connectivity index (χ0n) is 70.8. The first-order chi connectivity index (χ1) is 55.4. The molecule has 4 aliphatic heterocycles. The quantitative estimate of drug-likeness (QED) is 0.0361. The van der Waals surface area contributed by atoms with Crippen LogP contribution in [0, 0.1) is 29.6 Å². The molecule has 4 fully saturated rings. The predicted octanol–water partition coefficient (Wildman–Crippen LogP) is 3.33. The van der Waals surface area contributed by atoms with Gasteiger partial charge in [-0.25, -0.2) is 9.59 Å². The second kappa shape index (κ2) is 45.3. The Kier molecular flexibility index (Phi) is 36.9. The van der Waals surface area contributed by atoms with Crippen LogP contribution < -0.4 is 53.6 Å². The molecule has 19 atom stereocenters. The van der Waals surface area contributed by atoms with Crippen molar-refractivity contribution in [1.29, 1.82) is 0 Å². The van der Waals surface area contributed by atoms with Gasteiger partial charge >= 0.3 is 12.1 Å². The number of carbonyl (C=O) groups is 11. The lowest BCUT2D eigenvalue weighted by atomic mass is 9.89. The van der Waals surface area contributed by atoms with E-state index in [1.54, 1.807) is 75.7 Å². The summed E-state index contributed by atoms with van der Waals surface area (Å²) in [5.41, 5.74) is 8.04. The second-order valence-corrected chi connectivity index (χ2v) is 32.9. The molecule has 12 unspecified atom stereocenters. The molecule has 4 saturated heterocycles. The second-order valence-electron chi connectivity index (χ2n) is 32.9. The minimum atomic E-state index is -1.57. The first kappa shape index (κ1) is 95.2. The Morgan fingerprint density at radius 2 is 1.21 bits per heavy atom. The molecule has 33 heteroatoms. The van der Waals surface area contributed by atoms with Crippen LogP contribution in [0.4, 0.5) is 15.3 Å². The molecular formula is C84H129N13O20. The SMILES string of the molecule is CCC(C)C(C(CC(=O)N1CCCC1C(OC)C(C)C(=O)N[C@@H](Cc1ccccc1)C(=O)NCCc1ccc(NC(=O)C(CCCNC(N)=O)NC(=O)[C@H](NC(=O)C[C@@H]2O[C@H](CNC(=O)CC3OC(CNC(=O)OCc4ccccc4)[C@H]4OC(C)(C)O[C@@H]34)C(O)C2O)C(C)C)cc1)OC)N(C)C(=O)[C@@H](NC(=O)C(C(C)C)N(C)C)C(C)C. The molecule has 650 valence electrons. The van der Waals surface area contributed by atoms with Crippen molar-refractivity contribution < 1.29 is 96.1 Å². The Bertz CT molecular complexity index is 3740. The summed E-state index contributed by atoms with van der Waals surface area (Å²) in [5.74, 6) is -7.05. The van der Waals surface area contributed by atoms with Crippen molar-refractivity contribution >= 4 is 71.0 Å². The average molecular weight is 1640 g/mol. The monoisotopic (exact) mass is 1640 g/mol. The molecule has 12 amide bonds. The lowest BCUT2D eigenvalue weighted by Crippen LogP contribution is -2.59. The summed E-state index contributed by atoms with van der Waals surface area (Å²) < 4.78 is 41.9. The molecule has 117 heavy (non-hydrogen) atoms. The molecule has 0 saturated carbocycles. The van der Waals surface area contributed by atoms with Crippen LogP contribution in [0.1, 0.15) is 144 Å². The molecule has 7 rings (SSSR count). The zero-order valence-corrected chi connectivity index (χ0v) is 70.8. The molecule has 0 radical (unpaired) electrons. The number of rotatable bonds is 44. The number of anilines is 1. The normalized spacial score (nSPS) is 22.7. The lowest BCUT2D eigenvalue weighted by Gasteiger charge is -2.41. The number of aliphatic hydroxyl groups excluding tert-OH is 2. The number of fused-ring (bicyclic) bond motifs is 1. The number of benzene rings is 3. The van der Waals surface area contributed by atoms with Crippen LogP contribution in [0.3, 0.4) is 0 Å². The summed E-state index contributed by atoms with van der Waals surface area (Å²) in [7, 11) is 8.38. The highest BCUT2D eigenvalue weighted by molar-refractivity contribution is 5.99. The summed E-state index contributed by atoms with van der Waals surface area (Å²) in [4.78, 5) is 157. The number of alkyl carbamates (subject to hydrolysis) is 1. The van der Waals surface area contributed by atoms with Gasteiger partial charge in [0, 0.05) is 66.1 Å². The van der Waals surface area contributed by atoms with Crippen molar-refractivity contribution in [3.05, 3.63) is 102 Å². The van der Waals surface area contributed by atoms with E-state index in [9.17, 15) is 63.0 Å². The standard InChI is InChI=1S/C84H129N13O20/c1-17-50(8)70(96(14)81(108)68(48(4)5)94-80(107)69(49(6)7)95(12)13)59(111-15)43-66(100)97-39-25-31-58(97)73(112-16)51(9)76(103)92-57(40-53-26-20-18-21-27-53)77(104)86-38-36-52-32-34-55(35-33-52)90-78(105)56(30-24-37-87-82(85)109)91-79(106)67(47(2)3)93-65(99)41-60-71(101)72(102)62(114-60)44-88-64(98)42-61-74-75(117-84(10,11)116-74)63(115-61)45-89-83(110)113-46-54-28-22-19-23-29-54/h18-23,26-29,32-35,47-51,56-63,67-75,101-102H,17,24-25,30-31,36-46H2,1-16H3,(H,86,104)(H,88,98)(H,89,110)(H,90,105)(H,91,106)(H,92,103)(H,93,99)(H,94,107)(H3,85,87,109)/t50?,51?,56?,57-,58?,59?,60-,61?,62+,63?,67+,68-,69?,70?,71?,72?,73?,74-,75+/m0/s1. The number of likely N-dealkylation sites (N-methyl/N-ethyl adjacent to an activating group) is 2. The van der Waals surface area contributed by atoms with Crippen molar-refractivity contribution in [2.24, 2.45) is 35.3 Å². The number of carbonyl (C=O) groups excluding carboxylic acids is 11. The first-order valence-electron chi connectivity index (χ1n) is 40.9. The molecule has 4 heterocycles. The van der Waals surface area contributed by atoms with E-state index in [0.29, 0.717) is 37.9 Å². The van der Waals surface area contributed by atoms with E-state index < -0.39 is 175 Å². The summed E-state index contributed by atoms with van der Waals surface area (Å²) in [6.07, 6.45) is -8.71. The number of amides is 12. The highest BCUT2D eigenvalue weighted by Gasteiger charge is 2.56. The van der Waals surface area contributed by atoms with E-state index in [4.69, 9.17) is 38.9 Å². The van der Waals surface area contributed by atoms with Gasteiger partial charge in [0.15, 0.2) is 5.79 Å². The Balaban J connectivity index is 0.905. The van der Waals surface area contributed by atoms with Gasteiger partial charge in [-0.15, -0.1) is 0 Å². The molecular weight excluding hydrogens is 1510 g/mol. The first-order valence-corrected chi connectivity index (χ1v) is 40.9. The number of urea groups is 1. The molecule has 3 aromatic carbocycles. The summed E-state index contributed by atoms with van der Waals surface area (Å²) >= 11 is 0. The molecule has 0 bridgehead atoms. The van der Waals surface area contributed by atoms with Crippen LogP contribution in [0.15, 0.2) is 84.9 Å². The molecule has 13 N–H and O–H groups in total. The number of aliphatic hydroxyl groups is 2. The average Bonchev–Trinajstić information content (AvgIpc) is 1.61. The van der Waals surface area contributed by atoms with Gasteiger partial charge in [0.1, 0.15) is 67.4 Å². The minimum Gasteiger partial charge on any atom is -0.445 e. The number of likely N-dealkylation sites (tertiary alicyclic amines) is 1. The molecule has 33 nitrogen and oxygen atoms in total. The van der Waals surface area contributed by atoms with Gasteiger partial charge in [-0.05, 0) is 113 Å². The van der Waals surface area contributed by atoms with E-state index in [1.807, 2.05) is 121 Å². The van der Waals surface area contributed by atoms with Crippen molar-refractivity contribution in [3.8, 4) is 0 Å². The molecule has 4 aliphatic rings. The van der Waals surface area contributed by atoms with Gasteiger partial charge in [-0.2, -0.15) is 0 Å². The minimum absolute atomic E-state index is 0.00208. The molecule has 0 spiro atoms. The fourth-order valence-electron chi connectivity index (χ4n) is 15.9. The number of nitrogens with one attached hydrogen (secondary N) is 9. The van der Waals surface area contributed by atoms with E-state index in [2.05, 4.69) is 47.9 Å². The van der Waals surface area contributed by atoms with Crippen LogP contribution in [0.5, 0.6) is 0 Å². The predicted molar refractivity (Wildman–Crippen MR) is 435 cm³/mol. The van der Waals surface area contributed by atoms with Crippen molar-refractivity contribution in [3.63, 3.8) is 0 Å². The van der Waals surface area contributed by atoms with Gasteiger partial charge in [-0.3, -0.25) is 48.1 Å². The Morgan fingerprint density at radius 1 is 0.615 bits per heavy atom. The lowest BCUT2D eigenvalue weighted by molar-refractivity contribution is -0.187. The number of ether oxygens (including phenoxy) is 7. The zero-order chi connectivity index (χ0) is 86.1. The van der Waals surface area contributed by atoms with Gasteiger partial charge in [-0.1, -0.05) is 142 Å². The van der Waals surface area contributed by atoms with Crippen LogP contribution in [-0.4, -0.2) is 267 Å². The topological polar surface area (TPSA) is 437 Å². The van der Waals surface area contributed by atoms with Gasteiger partial charge in [0.25, 0.3) is 0 Å². The fourth-order valence-corrected chi connectivity index (χ4v) is 15.9. The summed E-state index contributed by atoms with van der Waals surface area (Å²) in [6.45, 7) is 20.6. The van der Waals surface area contributed by atoms with Crippen LogP contribution in [-0.2, 0) is 95.8 Å². The van der Waals surface area contributed by atoms with E-state index in [-0.39, 0.29) is 100 Å². The maximum absolute atomic E-state index is 14.7. The number of nitrogens with zero attached hydrogens (tertiary/aromatic N) is 3. The summed E-state index contributed by atoms with van der Waals surface area (Å²) in [5, 5.41) is 47.3. The fraction of sp³-hybridized carbons (Fsp3) is 0.655. The molecule has 0 aromatic heterocycles. The van der Waals surface area contributed by atoms with Crippen LogP contribution >= 0.6 is 0 Å². The maximum atomic E-state index is 14.7. The number of primary amides is 1. The van der Waals surface area contributed by atoms with Crippen molar-refractivity contribution in [1.82, 2.24) is 57.2 Å². The smallest absolute Gasteiger partial charge is 0.407 e. The van der Waals surface area contributed by atoms with Crippen molar-refractivity contribution in [2.75, 3.05) is 73.4 Å². The number of hydrogen-bond acceptors (Lipinski definition) is 21. The number of methoxy groups -OCH3 is 2. The highest BCUT2D eigenvalue weighted by atomic mass is 16.8. The third-order valence-electron chi connectivity index (χ3n) is 22.3. The largest absolute Gasteiger partial charge is 0.445 e. The third-order valence-corrected chi connectivity index (χ3v) is 22.3. The third kappa shape index (κ3) is 27.6. The van der Waals surface area contributed by atoms with Crippen LogP contribution in [0.25, 0.3) is 0 Å². The van der Waals surface area contributed by atoms with E-state index >= 15 is 0 Å². The van der Waals surface area contributed by atoms with Gasteiger partial charge < -0.3 is 107 Å². The highest BCUT2D eigenvalue weighted by Crippen LogP contribution is 2.40. The number of hydrogen-bond donors (Lipinski definition) is 12. The van der Waals surface area contributed by atoms with Gasteiger partial charge in [0.2, 0.25) is 53.2 Å². The van der Waals surface area contributed by atoms with E-state index in [0.717, 1.165) is 16.7 Å². The molecule has 0 aliphatic carbocycles. The maximum Gasteiger partial charge on any atom is 0.407 e. The van der Waals surface area contributed by atoms with Crippen LogP contribution in [0.2, 0.25) is 0 Å². The Morgan fingerprint density at radius 3 is 1.81 bits per heavy atom. The van der Waals surface area contributed by atoms with Crippen molar-refractivity contribution in [2.45, 2.75) is 256 Å². The number of nitrogens with two attached hydrogens (primary N) is 1.